The molecule has 0 spiro atoms. The Labute approximate surface area is 341 Å². The predicted octanol–water partition coefficient (Wildman–Crippen LogP) is 16.5. The number of benzene rings is 11. The highest BCUT2D eigenvalue weighted by atomic mass is 16.3. The van der Waals surface area contributed by atoms with Crippen LogP contribution in [-0.2, 0) is 0 Å². The molecule has 11 aromatic carbocycles. The Balaban J connectivity index is 1.06. The van der Waals surface area contributed by atoms with Crippen LogP contribution in [0.1, 0.15) is 0 Å². The predicted molar refractivity (Wildman–Crippen MR) is 250 cm³/mol. The van der Waals surface area contributed by atoms with Crippen LogP contribution in [0.5, 0.6) is 0 Å². The maximum absolute atomic E-state index is 6.57. The fraction of sp³-hybridized carbons (Fsp3) is 0. The largest absolute Gasteiger partial charge is 0.455 e. The quantitative estimate of drug-likeness (QED) is 0.164. The van der Waals surface area contributed by atoms with Crippen molar-refractivity contribution in [3.63, 3.8) is 0 Å². The number of para-hydroxylation sites is 2. The van der Waals surface area contributed by atoms with Crippen LogP contribution in [0.15, 0.2) is 211 Å². The first-order valence-electron chi connectivity index (χ1n) is 20.4. The molecule has 1 heterocycles. The van der Waals surface area contributed by atoms with Gasteiger partial charge in [-0.25, -0.2) is 0 Å². The summed E-state index contributed by atoms with van der Waals surface area (Å²) in [6.07, 6.45) is 0. The molecule has 1 heteroatoms. The van der Waals surface area contributed by atoms with Gasteiger partial charge in [0.25, 0.3) is 0 Å². The second kappa shape index (κ2) is 12.4. The molecule has 13 rings (SSSR count). The van der Waals surface area contributed by atoms with Crippen molar-refractivity contribution in [2.75, 3.05) is 0 Å². The summed E-state index contributed by atoms with van der Waals surface area (Å²) in [5.41, 5.74) is 16.9. The zero-order valence-corrected chi connectivity index (χ0v) is 32.0. The van der Waals surface area contributed by atoms with E-state index in [-0.39, 0.29) is 0 Å². The van der Waals surface area contributed by atoms with Gasteiger partial charge in [-0.05, 0) is 110 Å². The van der Waals surface area contributed by atoms with E-state index in [2.05, 4.69) is 200 Å². The molecular formula is C58H34O. The summed E-state index contributed by atoms with van der Waals surface area (Å²) in [4.78, 5) is 0. The average molecular weight is 747 g/mol. The van der Waals surface area contributed by atoms with E-state index in [0.29, 0.717) is 0 Å². The number of furan rings is 1. The summed E-state index contributed by atoms with van der Waals surface area (Å²) < 4.78 is 6.57. The van der Waals surface area contributed by atoms with Gasteiger partial charge in [-0.15, -0.1) is 0 Å². The van der Waals surface area contributed by atoms with Crippen LogP contribution in [-0.4, -0.2) is 0 Å². The lowest BCUT2D eigenvalue weighted by molar-refractivity contribution is 0.670. The van der Waals surface area contributed by atoms with Crippen molar-refractivity contribution in [2.24, 2.45) is 0 Å². The molecule has 1 aromatic heterocycles. The summed E-state index contributed by atoms with van der Waals surface area (Å²) in [7, 11) is 0. The van der Waals surface area contributed by atoms with Gasteiger partial charge in [-0.3, -0.25) is 0 Å². The highest BCUT2D eigenvalue weighted by Gasteiger charge is 2.25. The summed E-state index contributed by atoms with van der Waals surface area (Å²) in [5, 5.41) is 12.3. The Kier molecular flexibility index (Phi) is 6.79. The van der Waals surface area contributed by atoms with E-state index in [1.165, 1.54) is 104 Å². The van der Waals surface area contributed by atoms with Gasteiger partial charge in [-0.2, -0.15) is 0 Å². The van der Waals surface area contributed by atoms with Gasteiger partial charge < -0.3 is 4.42 Å². The molecule has 0 saturated carbocycles. The first kappa shape index (κ1) is 32.4. The second-order valence-corrected chi connectivity index (χ2v) is 15.8. The van der Waals surface area contributed by atoms with Gasteiger partial charge >= 0.3 is 0 Å². The standard InChI is InChI=1S/C58H34O/c1-2-16-36-35(15-1)41(52-28-14-29-53-42-20-11-12-30-54(42)59-58(52)53)32-34-50(36)57-48-24-9-7-22-46(48)56(47-23-8-10-25-49(47)57)43-21-6-5-19-39(43)40-31-33-51-38-18-4-3-17-37(38)44-26-13-27-45(40)55(44)51/h1-34H. The van der Waals surface area contributed by atoms with Crippen LogP contribution in [0, 0.1) is 0 Å². The van der Waals surface area contributed by atoms with Gasteiger partial charge in [0.1, 0.15) is 11.2 Å². The topological polar surface area (TPSA) is 13.1 Å². The maximum atomic E-state index is 6.57. The SMILES string of the molecule is c1ccc(-c2ccc3c4c(cccc24)-c2ccccc2-3)c(-c2c3ccccc3c(-c3ccc(-c4cccc5c4oc4ccccc45)c4ccccc34)c3ccccc23)c1. The van der Waals surface area contributed by atoms with Gasteiger partial charge in [0, 0.05) is 16.3 Å². The number of hydrogen-bond donors (Lipinski definition) is 0. The Morgan fingerprint density at radius 2 is 0.576 bits per heavy atom. The Morgan fingerprint density at radius 3 is 1.22 bits per heavy atom. The molecular weight excluding hydrogens is 713 g/mol. The van der Waals surface area contributed by atoms with Crippen LogP contribution in [0.4, 0.5) is 0 Å². The molecule has 0 saturated heterocycles. The molecule has 0 bridgehead atoms. The first-order chi connectivity index (χ1) is 29.3. The molecule has 0 fully saturated rings. The number of hydrogen-bond acceptors (Lipinski definition) is 1. The normalized spacial score (nSPS) is 12.1. The van der Waals surface area contributed by atoms with Crippen molar-refractivity contribution in [3.8, 4) is 66.8 Å². The van der Waals surface area contributed by atoms with Crippen molar-refractivity contribution in [1.82, 2.24) is 0 Å². The summed E-state index contributed by atoms with van der Waals surface area (Å²) >= 11 is 0. The van der Waals surface area contributed by atoms with E-state index in [1.54, 1.807) is 0 Å². The summed E-state index contributed by atoms with van der Waals surface area (Å²) in [6, 6.07) is 75.8. The molecule has 0 radical (unpaired) electrons. The highest BCUT2D eigenvalue weighted by Crippen LogP contribution is 2.52. The minimum atomic E-state index is 0.912. The molecule has 0 atom stereocenters. The molecule has 0 aliphatic heterocycles. The van der Waals surface area contributed by atoms with Crippen molar-refractivity contribution in [3.05, 3.63) is 206 Å². The minimum Gasteiger partial charge on any atom is -0.455 e. The van der Waals surface area contributed by atoms with Gasteiger partial charge in [-0.1, -0.05) is 200 Å². The van der Waals surface area contributed by atoms with Crippen molar-refractivity contribution in [2.45, 2.75) is 0 Å². The van der Waals surface area contributed by atoms with Crippen molar-refractivity contribution < 1.29 is 4.42 Å². The molecule has 272 valence electrons. The lowest BCUT2D eigenvalue weighted by Crippen LogP contribution is -1.94. The molecule has 0 N–H and O–H groups in total. The molecule has 0 unspecified atom stereocenters. The van der Waals surface area contributed by atoms with E-state index in [0.717, 1.165) is 27.5 Å². The average Bonchev–Trinajstić information content (AvgIpc) is 3.85. The zero-order chi connectivity index (χ0) is 38.6. The third-order valence-electron chi connectivity index (χ3n) is 12.9. The molecule has 0 amide bonds. The zero-order valence-electron chi connectivity index (χ0n) is 32.0. The highest BCUT2D eigenvalue weighted by molar-refractivity contribution is 6.26. The van der Waals surface area contributed by atoms with Gasteiger partial charge in [0.2, 0.25) is 0 Å². The third kappa shape index (κ3) is 4.56. The van der Waals surface area contributed by atoms with Gasteiger partial charge in [0.05, 0.1) is 0 Å². The fourth-order valence-electron chi connectivity index (χ4n) is 10.4. The van der Waals surface area contributed by atoms with E-state index in [1.807, 2.05) is 6.07 Å². The smallest absolute Gasteiger partial charge is 0.143 e. The van der Waals surface area contributed by atoms with E-state index in [9.17, 15) is 0 Å². The third-order valence-corrected chi connectivity index (χ3v) is 12.9. The Bertz CT molecular complexity index is 3640. The fourth-order valence-corrected chi connectivity index (χ4v) is 10.4. The maximum Gasteiger partial charge on any atom is 0.143 e. The molecule has 1 aliphatic carbocycles. The van der Waals surface area contributed by atoms with Crippen molar-refractivity contribution >= 4 is 65.0 Å². The first-order valence-corrected chi connectivity index (χ1v) is 20.4. The molecule has 1 nitrogen and oxygen atoms in total. The minimum absolute atomic E-state index is 0.912. The van der Waals surface area contributed by atoms with Crippen LogP contribution in [0.3, 0.4) is 0 Å². The van der Waals surface area contributed by atoms with Crippen LogP contribution >= 0.6 is 0 Å². The molecule has 12 aromatic rings. The second-order valence-electron chi connectivity index (χ2n) is 15.8. The number of rotatable bonds is 4. The number of fused-ring (bicyclic) bond motifs is 9. The van der Waals surface area contributed by atoms with E-state index >= 15 is 0 Å². The Hall–Kier alpha value is -7.74. The molecule has 59 heavy (non-hydrogen) atoms. The lowest BCUT2D eigenvalue weighted by Gasteiger charge is -2.21. The van der Waals surface area contributed by atoms with Crippen molar-refractivity contribution in [1.29, 1.82) is 0 Å². The van der Waals surface area contributed by atoms with E-state index < -0.39 is 0 Å². The Morgan fingerprint density at radius 1 is 0.203 bits per heavy atom. The van der Waals surface area contributed by atoms with Crippen LogP contribution in [0.25, 0.3) is 132 Å². The van der Waals surface area contributed by atoms with Crippen LogP contribution < -0.4 is 0 Å². The summed E-state index contributed by atoms with van der Waals surface area (Å²) in [6.45, 7) is 0. The lowest BCUT2D eigenvalue weighted by atomic mass is 9.82. The summed E-state index contributed by atoms with van der Waals surface area (Å²) in [5.74, 6) is 0. The molecule has 1 aliphatic rings. The van der Waals surface area contributed by atoms with Crippen LogP contribution in [0.2, 0.25) is 0 Å². The van der Waals surface area contributed by atoms with Gasteiger partial charge in [0.15, 0.2) is 0 Å². The monoisotopic (exact) mass is 746 g/mol. The van der Waals surface area contributed by atoms with E-state index in [4.69, 9.17) is 4.42 Å².